The van der Waals surface area contributed by atoms with Crippen LogP contribution in [0.1, 0.15) is 0 Å². The number of rotatable bonds is 5. The number of carbonyl (C=O) groups is 1. The molecule has 0 aromatic heterocycles. The van der Waals surface area contributed by atoms with Crippen LogP contribution in [0.3, 0.4) is 0 Å². The van der Waals surface area contributed by atoms with Gasteiger partial charge in [0.25, 0.3) is 0 Å². The van der Waals surface area contributed by atoms with Crippen LogP contribution in [0.15, 0.2) is 0 Å². The van der Waals surface area contributed by atoms with Gasteiger partial charge in [0.2, 0.25) is 0 Å². The molecular formula is C6H11AuO6. The average Bonchev–Trinajstić information content (AvgIpc) is 2.14. The molecule has 0 amide bonds. The molecule has 0 heterocycles. The van der Waals surface area contributed by atoms with E-state index in [1.165, 1.54) is 21.1 Å². The molecule has 7 heteroatoms. The van der Waals surface area contributed by atoms with E-state index in [1.54, 1.807) is 0 Å². The zero-order valence-electron chi connectivity index (χ0n) is 6.46. The zero-order valence-corrected chi connectivity index (χ0v) is 8.63. The minimum atomic E-state index is -2.20. The van der Waals surface area contributed by atoms with E-state index in [4.69, 9.17) is 25.5 Å². The van der Waals surface area contributed by atoms with Gasteiger partial charge in [-0.05, 0) is 0 Å². The third-order valence-corrected chi connectivity index (χ3v) is 2.35. The molecule has 0 aliphatic heterocycles. The van der Waals surface area contributed by atoms with Crippen LogP contribution < -0.4 is 0 Å². The van der Waals surface area contributed by atoms with Crippen LogP contribution in [0, 0.1) is 0 Å². The Balaban J connectivity index is 4.40. The van der Waals surface area contributed by atoms with Crippen molar-refractivity contribution in [2.75, 3.05) is 6.61 Å². The number of hydrogen-bond donors (Lipinski definition) is 5. The molecule has 0 aromatic carbocycles. The number of carbonyl (C=O) groups excluding carboxylic acids is 1. The van der Waals surface area contributed by atoms with E-state index in [0.717, 1.165) is 0 Å². The van der Waals surface area contributed by atoms with Crippen LogP contribution in [0.25, 0.3) is 0 Å². The van der Waals surface area contributed by atoms with Crippen LogP contribution in [0.2, 0.25) is 0 Å². The van der Waals surface area contributed by atoms with Gasteiger partial charge >= 0.3 is 86.4 Å². The Morgan fingerprint density at radius 1 is 1.38 bits per heavy atom. The second-order valence-corrected chi connectivity index (χ2v) is 4.20. The first kappa shape index (κ1) is 13.2. The molecule has 0 bridgehead atoms. The SMILES string of the molecule is O=C[C@@](O)([Au])[C@@H](O)[C@H](O)[C@H](O)CO. The van der Waals surface area contributed by atoms with Crippen LogP contribution in [-0.2, 0) is 25.9 Å². The summed E-state index contributed by atoms with van der Waals surface area (Å²) in [5.41, 5.74) is 0. The molecule has 6 nitrogen and oxygen atoms in total. The van der Waals surface area contributed by atoms with Crippen molar-refractivity contribution < 1.29 is 51.4 Å². The average molecular weight is 376 g/mol. The Hall–Kier alpha value is 0.210. The van der Waals surface area contributed by atoms with Crippen molar-refractivity contribution in [2.45, 2.75) is 22.1 Å². The Morgan fingerprint density at radius 2 is 1.85 bits per heavy atom. The number of aliphatic hydroxyl groups is 5. The summed E-state index contributed by atoms with van der Waals surface area (Å²) in [5.74, 6) is 0. The van der Waals surface area contributed by atoms with Crippen molar-refractivity contribution >= 4 is 6.29 Å². The molecule has 5 N–H and O–H groups in total. The molecule has 4 atom stereocenters. The van der Waals surface area contributed by atoms with Crippen molar-refractivity contribution in [3.05, 3.63) is 0 Å². The van der Waals surface area contributed by atoms with E-state index in [0.29, 0.717) is 0 Å². The molecule has 0 fully saturated rings. The topological polar surface area (TPSA) is 118 Å². The first-order valence-electron chi connectivity index (χ1n) is 3.35. The molecule has 0 saturated heterocycles. The first-order valence-corrected chi connectivity index (χ1v) is 4.44. The van der Waals surface area contributed by atoms with Gasteiger partial charge in [-0.2, -0.15) is 0 Å². The molecule has 0 aliphatic rings. The third-order valence-electron chi connectivity index (χ3n) is 1.45. The van der Waals surface area contributed by atoms with E-state index in [-0.39, 0.29) is 6.29 Å². The van der Waals surface area contributed by atoms with Gasteiger partial charge in [-0.1, -0.05) is 0 Å². The molecule has 0 spiro atoms. The molecule has 13 heavy (non-hydrogen) atoms. The molecule has 0 aliphatic carbocycles. The first-order chi connectivity index (χ1) is 5.86. The standard InChI is InChI=1S/C6H11O6.Au/c7-1-3(9)5(11)6(12)4(10)2-8;/h1,4-6,8-12H,2H2;/t4-,5-,6-;/m1./s1. The van der Waals surface area contributed by atoms with E-state index >= 15 is 0 Å². The van der Waals surface area contributed by atoms with Crippen molar-refractivity contribution in [3.8, 4) is 0 Å². The summed E-state index contributed by atoms with van der Waals surface area (Å²) in [4.78, 5) is 10.2. The van der Waals surface area contributed by atoms with Crippen molar-refractivity contribution in [1.29, 1.82) is 0 Å². The van der Waals surface area contributed by atoms with Crippen LogP contribution in [0.5, 0.6) is 0 Å². The Bertz CT molecular complexity index is 173. The van der Waals surface area contributed by atoms with Gasteiger partial charge in [0.1, 0.15) is 0 Å². The molecule has 0 unspecified atom stereocenters. The Labute approximate surface area is 86.7 Å². The molecule has 0 saturated carbocycles. The van der Waals surface area contributed by atoms with E-state index < -0.39 is 28.7 Å². The van der Waals surface area contributed by atoms with E-state index in [2.05, 4.69) is 0 Å². The molecule has 0 radical (unpaired) electrons. The van der Waals surface area contributed by atoms with E-state index in [9.17, 15) is 4.79 Å². The number of hydrogen-bond acceptors (Lipinski definition) is 6. The summed E-state index contributed by atoms with van der Waals surface area (Å²) >= 11 is 1.41. The monoisotopic (exact) mass is 376 g/mol. The van der Waals surface area contributed by atoms with Crippen molar-refractivity contribution in [3.63, 3.8) is 0 Å². The fourth-order valence-corrected chi connectivity index (χ4v) is 0.985. The van der Waals surface area contributed by atoms with Crippen LogP contribution in [-0.4, -0.2) is 60.6 Å². The summed E-state index contributed by atoms with van der Waals surface area (Å²) < 4.78 is -2.20. The second-order valence-electron chi connectivity index (χ2n) is 2.47. The van der Waals surface area contributed by atoms with Crippen LogP contribution in [0.4, 0.5) is 0 Å². The van der Waals surface area contributed by atoms with Gasteiger partial charge in [0, 0.05) is 0 Å². The molecular weight excluding hydrogens is 365 g/mol. The molecule has 0 rings (SSSR count). The molecule has 82 valence electrons. The van der Waals surface area contributed by atoms with Gasteiger partial charge in [0.15, 0.2) is 0 Å². The summed E-state index contributed by atoms with van der Waals surface area (Å²) in [7, 11) is 0. The summed E-state index contributed by atoms with van der Waals surface area (Å²) in [6, 6.07) is 0. The maximum atomic E-state index is 10.2. The predicted octanol–water partition coefficient (Wildman–Crippen LogP) is -3.50. The van der Waals surface area contributed by atoms with Gasteiger partial charge in [-0.15, -0.1) is 0 Å². The minimum absolute atomic E-state index is 0.0219. The predicted molar refractivity (Wildman–Crippen MR) is 36.1 cm³/mol. The zero-order chi connectivity index (χ0) is 10.6. The Morgan fingerprint density at radius 3 is 2.15 bits per heavy atom. The van der Waals surface area contributed by atoms with Gasteiger partial charge in [0.05, 0.1) is 0 Å². The molecule has 0 aromatic rings. The Kier molecular flexibility index (Phi) is 5.26. The number of aldehydes is 1. The maximum absolute atomic E-state index is 10.2. The van der Waals surface area contributed by atoms with Crippen molar-refractivity contribution in [2.24, 2.45) is 0 Å². The van der Waals surface area contributed by atoms with Gasteiger partial charge in [-0.3, -0.25) is 0 Å². The van der Waals surface area contributed by atoms with Gasteiger partial charge < -0.3 is 0 Å². The summed E-state index contributed by atoms with van der Waals surface area (Å²) in [6.07, 6.45) is -5.24. The summed E-state index contributed by atoms with van der Waals surface area (Å²) in [5, 5.41) is 44.6. The quantitative estimate of drug-likeness (QED) is 0.251. The second kappa shape index (κ2) is 5.18. The fourth-order valence-electron chi connectivity index (χ4n) is 0.615. The van der Waals surface area contributed by atoms with E-state index in [1.807, 2.05) is 0 Å². The van der Waals surface area contributed by atoms with Gasteiger partial charge in [-0.25, -0.2) is 0 Å². The fraction of sp³-hybridized carbons (Fsp3) is 0.833. The van der Waals surface area contributed by atoms with Crippen LogP contribution >= 0.6 is 0 Å². The normalized spacial score (nSPS) is 23.0. The number of aliphatic hydroxyl groups excluding tert-OH is 4. The van der Waals surface area contributed by atoms with Crippen molar-refractivity contribution in [1.82, 2.24) is 0 Å². The summed E-state index contributed by atoms with van der Waals surface area (Å²) in [6.45, 7) is -0.777. The third kappa shape index (κ3) is 3.45.